The predicted molar refractivity (Wildman–Crippen MR) is 83.8 cm³/mol. The third-order valence-electron chi connectivity index (χ3n) is 4.00. The Hall–Kier alpha value is -1.81. The number of aromatic nitrogens is 2. The Kier molecular flexibility index (Phi) is 4.10. The van der Waals surface area contributed by atoms with Crippen LogP contribution >= 0.6 is 0 Å². The summed E-state index contributed by atoms with van der Waals surface area (Å²) >= 11 is 0. The lowest BCUT2D eigenvalue weighted by molar-refractivity contribution is 0.0867. The Morgan fingerprint density at radius 2 is 1.90 bits per heavy atom. The van der Waals surface area contributed by atoms with Gasteiger partial charge in [-0.25, -0.2) is 0 Å². The standard InChI is InChI=1S/C17H24N2O2/c1-11(2)19-16(15(21-6)10-18-19)17(5,20)14-8-7-12(3)13(4)9-14/h7-11,20H,1-6H3. The molecule has 0 bridgehead atoms. The fraction of sp³-hybridized carbons (Fsp3) is 0.471. The maximum Gasteiger partial charge on any atom is 0.163 e. The minimum absolute atomic E-state index is 0.141. The molecule has 4 heteroatoms. The Balaban J connectivity index is 2.62. The zero-order chi connectivity index (χ0) is 15.8. The van der Waals surface area contributed by atoms with Crippen molar-refractivity contribution in [2.24, 2.45) is 0 Å². The molecule has 0 saturated heterocycles. The summed E-state index contributed by atoms with van der Waals surface area (Å²) in [5.74, 6) is 0.604. The average molecular weight is 288 g/mol. The second-order valence-corrected chi connectivity index (χ2v) is 5.97. The van der Waals surface area contributed by atoms with E-state index in [0.717, 1.165) is 11.1 Å². The molecule has 2 rings (SSSR count). The van der Waals surface area contributed by atoms with E-state index in [1.54, 1.807) is 20.2 Å². The fourth-order valence-electron chi connectivity index (χ4n) is 2.53. The zero-order valence-corrected chi connectivity index (χ0v) is 13.6. The molecule has 0 fully saturated rings. The van der Waals surface area contributed by atoms with Crippen molar-refractivity contribution in [1.82, 2.24) is 9.78 Å². The second-order valence-electron chi connectivity index (χ2n) is 5.97. The Labute approximate surface area is 126 Å². The molecule has 2 aromatic rings. The normalized spacial score (nSPS) is 14.3. The first-order chi connectivity index (χ1) is 9.78. The lowest BCUT2D eigenvalue weighted by Crippen LogP contribution is -2.28. The number of benzene rings is 1. The number of hydrogen-bond donors (Lipinski definition) is 1. The lowest BCUT2D eigenvalue weighted by atomic mass is 9.89. The third kappa shape index (κ3) is 2.68. The van der Waals surface area contributed by atoms with Crippen molar-refractivity contribution in [1.29, 1.82) is 0 Å². The van der Waals surface area contributed by atoms with Crippen molar-refractivity contribution in [2.75, 3.05) is 7.11 Å². The van der Waals surface area contributed by atoms with E-state index in [2.05, 4.69) is 12.0 Å². The molecular formula is C17H24N2O2. The number of aliphatic hydroxyl groups is 1. The van der Waals surface area contributed by atoms with Crippen LogP contribution in [0.4, 0.5) is 0 Å². The van der Waals surface area contributed by atoms with Crippen LogP contribution in [0.25, 0.3) is 0 Å². The summed E-state index contributed by atoms with van der Waals surface area (Å²) in [4.78, 5) is 0. The molecule has 0 aliphatic carbocycles. The molecule has 0 spiro atoms. The van der Waals surface area contributed by atoms with E-state index < -0.39 is 5.60 Å². The quantitative estimate of drug-likeness (QED) is 0.938. The van der Waals surface area contributed by atoms with Crippen molar-refractivity contribution in [3.63, 3.8) is 0 Å². The fourth-order valence-corrected chi connectivity index (χ4v) is 2.53. The maximum absolute atomic E-state index is 11.2. The highest BCUT2D eigenvalue weighted by atomic mass is 16.5. The van der Waals surface area contributed by atoms with Gasteiger partial charge in [-0.1, -0.05) is 18.2 Å². The molecule has 1 atom stereocenters. The molecule has 0 radical (unpaired) electrons. The van der Waals surface area contributed by atoms with Crippen molar-refractivity contribution in [3.8, 4) is 5.75 Å². The number of nitrogens with zero attached hydrogens (tertiary/aromatic N) is 2. The van der Waals surface area contributed by atoms with Crippen molar-refractivity contribution in [3.05, 3.63) is 46.8 Å². The highest BCUT2D eigenvalue weighted by molar-refractivity contribution is 5.42. The van der Waals surface area contributed by atoms with Gasteiger partial charge in [-0.3, -0.25) is 4.68 Å². The van der Waals surface area contributed by atoms with Gasteiger partial charge >= 0.3 is 0 Å². The Bertz CT molecular complexity index is 642. The van der Waals surface area contributed by atoms with Gasteiger partial charge in [0.2, 0.25) is 0 Å². The molecule has 0 aliphatic rings. The molecule has 1 heterocycles. The summed E-state index contributed by atoms with van der Waals surface area (Å²) in [5.41, 5.74) is 2.72. The van der Waals surface area contributed by atoms with E-state index >= 15 is 0 Å². The summed E-state index contributed by atoms with van der Waals surface area (Å²) in [5, 5.41) is 15.5. The van der Waals surface area contributed by atoms with Gasteiger partial charge in [0, 0.05) is 6.04 Å². The number of methoxy groups -OCH3 is 1. The van der Waals surface area contributed by atoms with E-state index in [4.69, 9.17) is 4.74 Å². The largest absolute Gasteiger partial charge is 0.493 e. The molecule has 0 amide bonds. The van der Waals surface area contributed by atoms with Crippen LogP contribution in [0, 0.1) is 13.8 Å². The van der Waals surface area contributed by atoms with Gasteiger partial charge in [0.15, 0.2) is 5.75 Å². The first-order valence-electron chi connectivity index (χ1n) is 7.21. The molecule has 4 nitrogen and oxygen atoms in total. The van der Waals surface area contributed by atoms with E-state index in [-0.39, 0.29) is 6.04 Å². The van der Waals surface area contributed by atoms with E-state index in [9.17, 15) is 5.11 Å². The molecule has 0 aliphatic heterocycles. The van der Waals surface area contributed by atoms with Crippen LogP contribution in [-0.2, 0) is 5.60 Å². The molecule has 1 unspecified atom stereocenters. The smallest absolute Gasteiger partial charge is 0.163 e. The average Bonchev–Trinajstić information content (AvgIpc) is 2.86. The van der Waals surface area contributed by atoms with E-state index in [1.807, 2.05) is 43.7 Å². The molecular weight excluding hydrogens is 264 g/mol. The van der Waals surface area contributed by atoms with Crippen LogP contribution in [-0.4, -0.2) is 22.0 Å². The number of hydrogen-bond acceptors (Lipinski definition) is 3. The van der Waals surface area contributed by atoms with Gasteiger partial charge in [0.25, 0.3) is 0 Å². The second kappa shape index (κ2) is 5.53. The number of ether oxygens (including phenoxy) is 1. The van der Waals surface area contributed by atoms with Crippen LogP contribution in [0.3, 0.4) is 0 Å². The van der Waals surface area contributed by atoms with Gasteiger partial charge < -0.3 is 9.84 Å². The van der Waals surface area contributed by atoms with Crippen molar-refractivity contribution in [2.45, 2.75) is 46.3 Å². The minimum Gasteiger partial charge on any atom is -0.493 e. The number of aryl methyl sites for hydroxylation is 2. The van der Waals surface area contributed by atoms with Crippen LogP contribution in [0.15, 0.2) is 24.4 Å². The molecule has 114 valence electrons. The molecule has 1 N–H and O–H groups in total. The zero-order valence-electron chi connectivity index (χ0n) is 13.6. The van der Waals surface area contributed by atoms with Gasteiger partial charge in [-0.2, -0.15) is 5.10 Å². The SMILES string of the molecule is COc1cnn(C(C)C)c1C(C)(O)c1ccc(C)c(C)c1. The van der Waals surface area contributed by atoms with Crippen LogP contribution in [0.5, 0.6) is 5.75 Å². The summed E-state index contributed by atoms with van der Waals surface area (Å²) in [6.45, 7) is 9.97. The summed E-state index contributed by atoms with van der Waals surface area (Å²) in [6.07, 6.45) is 1.66. The monoisotopic (exact) mass is 288 g/mol. The summed E-state index contributed by atoms with van der Waals surface area (Å²) in [6, 6.07) is 6.15. The highest BCUT2D eigenvalue weighted by Crippen LogP contribution is 2.37. The molecule has 0 saturated carbocycles. The first-order valence-corrected chi connectivity index (χ1v) is 7.21. The Morgan fingerprint density at radius 3 is 2.43 bits per heavy atom. The summed E-state index contributed by atoms with van der Waals surface area (Å²) in [7, 11) is 1.60. The van der Waals surface area contributed by atoms with E-state index in [0.29, 0.717) is 11.4 Å². The highest BCUT2D eigenvalue weighted by Gasteiger charge is 2.34. The van der Waals surface area contributed by atoms with Crippen LogP contribution in [0.2, 0.25) is 0 Å². The molecule has 1 aromatic carbocycles. The third-order valence-corrected chi connectivity index (χ3v) is 4.00. The number of rotatable bonds is 4. The van der Waals surface area contributed by atoms with Crippen molar-refractivity contribution >= 4 is 0 Å². The maximum atomic E-state index is 11.2. The Morgan fingerprint density at radius 1 is 1.24 bits per heavy atom. The minimum atomic E-state index is -1.16. The summed E-state index contributed by atoms with van der Waals surface area (Å²) < 4.78 is 7.21. The van der Waals surface area contributed by atoms with Gasteiger partial charge in [0.1, 0.15) is 11.3 Å². The van der Waals surface area contributed by atoms with Gasteiger partial charge in [0.05, 0.1) is 13.3 Å². The van der Waals surface area contributed by atoms with E-state index in [1.165, 1.54) is 5.56 Å². The topological polar surface area (TPSA) is 47.3 Å². The van der Waals surface area contributed by atoms with Crippen LogP contribution in [0.1, 0.15) is 49.2 Å². The first kappa shape index (κ1) is 15.6. The van der Waals surface area contributed by atoms with Gasteiger partial charge in [-0.05, 0) is 51.3 Å². The molecule has 1 aromatic heterocycles. The van der Waals surface area contributed by atoms with Crippen LogP contribution < -0.4 is 4.74 Å². The molecule has 21 heavy (non-hydrogen) atoms. The van der Waals surface area contributed by atoms with Crippen molar-refractivity contribution < 1.29 is 9.84 Å². The van der Waals surface area contributed by atoms with Gasteiger partial charge in [-0.15, -0.1) is 0 Å². The predicted octanol–water partition coefficient (Wildman–Crippen LogP) is 3.35. The lowest BCUT2D eigenvalue weighted by Gasteiger charge is -2.27.